The van der Waals surface area contributed by atoms with E-state index in [1.165, 1.54) is 11.3 Å². The molecule has 0 unspecified atom stereocenters. The van der Waals surface area contributed by atoms with Gasteiger partial charge in [-0.05, 0) is 81.1 Å². The molecular weight excluding hydrogens is 561 g/mol. The fourth-order valence-electron chi connectivity index (χ4n) is 5.42. The number of ether oxygens (including phenoxy) is 1. The molecule has 0 saturated heterocycles. The van der Waals surface area contributed by atoms with Crippen LogP contribution in [0.3, 0.4) is 0 Å². The molecule has 1 saturated carbocycles. The number of benzene rings is 3. The zero-order valence-electron chi connectivity index (χ0n) is 22.7. The van der Waals surface area contributed by atoms with E-state index >= 15 is 0 Å². The van der Waals surface area contributed by atoms with E-state index in [-0.39, 0.29) is 24.4 Å². The van der Waals surface area contributed by atoms with E-state index in [1.54, 1.807) is 0 Å². The van der Waals surface area contributed by atoms with Gasteiger partial charge in [-0.1, -0.05) is 48.0 Å². The Hall–Kier alpha value is -3.08. The summed E-state index contributed by atoms with van der Waals surface area (Å²) in [6.07, 6.45) is 3.90. The first-order valence-electron chi connectivity index (χ1n) is 13.4. The molecule has 0 bridgehead atoms. The molecule has 5 nitrogen and oxygen atoms in total. The van der Waals surface area contributed by atoms with Crippen LogP contribution < -0.4 is 10.1 Å². The lowest BCUT2D eigenvalue weighted by Gasteiger charge is -2.37. The van der Waals surface area contributed by atoms with E-state index in [4.69, 9.17) is 16.3 Å². The number of nitrogens with one attached hydrogen (secondary N) is 1. The lowest BCUT2D eigenvalue weighted by Crippen LogP contribution is -2.44. The van der Waals surface area contributed by atoms with Crippen LogP contribution in [0.1, 0.15) is 53.4 Å². The Morgan fingerprint density at radius 1 is 1.07 bits per heavy atom. The van der Waals surface area contributed by atoms with Crippen molar-refractivity contribution >= 4 is 51.3 Å². The lowest BCUT2D eigenvalue weighted by molar-refractivity contribution is 0.0604. The Morgan fingerprint density at radius 2 is 1.77 bits per heavy atom. The highest BCUT2D eigenvalue weighted by molar-refractivity contribution is 7.21. The van der Waals surface area contributed by atoms with Crippen molar-refractivity contribution < 1.29 is 9.53 Å². The van der Waals surface area contributed by atoms with Crippen molar-refractivity contribution in [2.24, 2.45) is 0 Å². The standard InChI is InChI=1S/C32H32ClN3O2S.ClH/c1-3-38-28-17-12-23(22-10-8-21(19-34)9-11-22)18-24(28)20-36(26-15-13-25(35-2)14-16-26)32(37)31-30(33)27-6-4-5-7-29(27)39-31;/h4-12,17-18,25-26,35H,3,13-16,20H2,1-2H3;1H. The Labute approximate surface area is 251 Å². The molecule has 1 aliphatic carbocycles. The van der Waals surface area contributed by atoms with E-state index in [0.717, 1.165) is 58.2 Å². The number of thiophene rings is 1. The molecule has 208 valence electrons. The topological polar surface area (TPSA) is 65.4 Å². The Kier molecular flexibility index (Phi) is 10.1. The SMILES string of the molecule is CCOc1ccc(-c2ccc(C#N)cc2)cc1CN(C(=O)c1sc2ccccc2c1Cl)C1CCC(NC)CC1.Cl. The van der Waals surface area contributed by atoms with Crippen molar-refractivity contribution in [1.29, 1.82) is 5.26 Å². The number of nitrogens with zero attached hydrogens (tertiary/aromatic N) is 2. The molecule has 5 rings (SSSR count). The van der Waals surface area contributed by atoms with Gasteiger partial charge < -0.3 is 15.0 Å². The fourth-order valence-corrected chi connectivity index (χ4v) is 6.89. The molecule has 1 N–H and O–H groups in total. The maximum Gasteiger partial charge on any atom is 0.266 e. The third-order valence-corrected chi connectivity index (χ3v) is 9.25. The van der Waals surface area contributed by atoms with E-state index < -0.39 is 0 Å². The Bertz CT molecular complexity index is 1510. The molecule has 0 aliphatic heterocycles. The summed E-state index contributed by atoms with van der Waals surface area (Å²) < 4.78 is 7.05. The quantitative estimate of drug-likeness (QED) is 0.224. The second-order valence-electron chi connectivity index (χ2n) is 9.91. The zero-order valence-corrected chi connectivity index (χ0v) is 25.0. The summed E-state index contributed by atoms with van der Waals surface area (Å²) in [5, 5.41) is 14.0. The molecule has 40 heavy (non-hydrogen) atoms. The number of amides is 1. The van der Waals surface area contributed by atoms with Crippen molar-refractivity contribution in [1.82, 2.24) is 10.2 Å². The van der Waals surface area contributed by atoms with Gasteiger partial charge in [0.1, 0.15) is 10.6 Å². The van der Waals surface area contributed by atoms with Crippen LogP contribution in [0.5, 0.6) is 5.75 Å². The molecule has 1 aliphatic rings. The fraction of sp³-hybridized carbons (Fsp3) is 0.312. The third kappa shape index (κ3) is 6.29. The van der Waals surface area contributed by atoms with Crippen LogP contribution in [-0.4, -0.2) is 36.5 Å². The molecule has 1 heterocycles. The van der Waals surface area contributed by atoms with Gasteiger partial charge in [-0.2, -0.15) is 5.26 Å². The van der Waals surface area contributed by atoms with Gasteiger partial charge in [0.25, 0.3) is 5.91 Å². The normalized spacial score (nSPS) is 16.6. The van der Waals surface area contributed by atoms with Crippen molar-refractivity contribution in [2.75, 3.05) is 13.7 Å². The highest BCUT2D eigenvalue weighted by atomic mass is 35.5. The summed E-state index contributed by atoms with van der Waals surface area (Å²) in [5.74, 6) is 0.749. The summed E-state index contributed by atoms with van der Waals surface area (Å²) in [6.45, 7) is 2.93. The first-order chi connectivity index (χ1) is 19.0. The van der Waals surface area contributed by atoms with E-state index in [2.05, 4.69) is 17.5 Å². The molecular formula is C32H33Cl2N3O2S. The molecule has 0 spiro atoms. The van der Waals surface area contributed by atoms with Crippen molar-refractivity contribution in [3.8, 4) is 22.9 Å². The summed E-state index contributed by atoms with van der Waals surface area (Å²) in [4.78, 5) is 16.9. The van der Waals surface area contributed by atoms with Crippen LogP contribution in [0.4, 0.5) is 0 Å². The smallest absolute Gasteiger partial charge is 0.266 e. The second kappa shape index (κ2) is 13.5. The highest BCUT2D eigenvalue weighted by Gasteiger charge is 2.32. The maximum absolute atomic E-state index is 14.2. The first kappa shape index (κ1) is 29.9. The monoisotopic (exact) mass is 593 g/mol. The minimum atomic E-state index is -0.0275. The summed E-state index contributed by atoms with van der Waals surface area (Å²) in [5.41, 5.74) is 3.61. The first-order valence-corrected chi connectivity index (χ1v) is 14.6. The van der Waals surface area contributed by atoms with Crippen LogP contribution in [0.2, 0.25) is 5.02 Å². The number of nitriles is 1. The number of hydrogen-bond acceptors (Lipinski definition) is 5. The van der Waals surface area contributed by atoms with Crippen molar-refractivity contribution in [2.45, 2.75) is 51.2 Å². The molecule has 4 aromatic rings. The van der Waals surface area contributed by atoms with Gasteiger partial charge >= 0.3 is 0 Å². The number of fused-ring (bicyclic) bond motifs is 1. The molecule has 1 fully saturated rings. The lowest BCUT2D eigenvalue weighted by atomic mass is 9.89. The largest absolute Gasteiger partial charge is 0.494 e. The molecule has 3 aromatic carbocycles. The van der Waals surface area contributed by atoms with Gasteiger partial charge in [0.2, 0.25) is 0 Å². The van der Waals surface area contributed by atoms with Crippen LogP contribution in [0, 0.1) is 11.3 Å². The van der Waals surface area contributed by atoms with Gasteiger partial charge in [0.15, 0.2) is 0 Å². The van der Waals surface area contributed by atoms with Crippen molar-refractivity contribution in [3.63, 3.8) is 0 Å². The van der Waals surface area contributed by atoms with Crippen LogP contribution in [0.15, 0.2) is 66.7 Å². The molecule has 1 aromatic heterocycles. The number of halogens is 2. The van der Waals surface area contributed by atoms with E-state index in [9.17, 15) is 10.1 Å². The Morgan fingerprint density at radius 3 is 2.42 bits per heavy atom. The van der Waals surface area contributed by atoms with Crippen LogP contribution in [0.25, 0.3) is 21.2 Å². The Balaban J connectivity index is 0.00000370. The minimum Gasteiger partial charge on any atom is -0.494 e. The predicted octanol–water partition coefficient (Wildman–Crippen LogP) is 8.09. The summed E-state index contributed by atoms with van der Waals surface area (Å²) in [7, 11) is 2.01. The molecule has 8 heteroatoms. The molecule has 1 amide bonds. The van der Waals surface area contributed by atoms with E-state index in [1.807, 2.05) is 79.5 Å². The van der Waals surface area contributed by atoms with Crippen molar-refractivity contribution in [3.05, 3.63) is 87.8 Å². The van der Waals surface area contributed by atoms with Gasteiger partial charge in [-0.25, -0.2) is 0 Å². The molecule has 0 atom stereocenters. The number of rotatable bonds is 8. The number of hydrogen-bond donors (Lipinski definition) is 1. The third-order valence-electron chi connectivity index (χ3n) is 7.58. The van der Waals surface area contributed by atoms with Gasteiger partial charge in [0.05, 0.1) is 23.3 Å². The summed E-state index contributed by atoms with van der Waals surface area (Å²) >= 11 is 8.26. The van der Waals surface area contributed by atoms with Gasteiger partial charge in [-0.3, -0.25) is 4.79 Å². The minimum absolute atomic E-state index is 0. The van der Waals surface area contributed by atoms with E-state index in [0.29, 0.717) is 34.7 Å². The summed E-state index contributed by atoms with van der Waals surface area (Å²) in [6, 6.07) is 24.4. The number of carbonyl (C=O) groups excluding carboxylic acids is 1. The maximum atomic E-state index is 14.2. The second-order valence-corrected chi connectivity index (χ2v) is 11.3. The van der Waals surface area contributed by atoms with Gasteiger partial charge in [-0.15, -0.1) is 23.7 Å². The number of carbonyl (C=O) groups is 1. The van der Waals surface area contributed by atoms with Crippen LogP contribution >= 0.6 is 35.3 Å². The average molecular weight is 595 g/mol. The average Bonchev–Trinajstić information content (AvgIpc) is 3.33. The molecule has 0 radical (unpaired) electrons. The van der Waals surface area contributed by atoms with Gasteiger partial charge in [0, 0.05) is 34.3 Å². The zero-order chi connectivity index (χ0) is 27.4. The predicted molar refractivity (Wildman–Crippen MR) is 167 cm³/mol. The van der Waals surface area contributed by atoms with Crippen LogP contribution in [-0.2, 0) is 6.54 Å². The highest BCUT2D eigenvalue weighted by Crippen LogP contribution is 2.38.